The van der Waals surface area contributed by atoms with Crippen molar-refractivity contribution >= 4 is 17.3 Å². The molecule has 0 heterocycles. The molecule has 0 bridgehead atoms. The summed E-state index contributed by atoms with van der Waals surface area (Å²) >= 11 is 0. The number of carbonyl (C=O) groups is 3. The predicted octanol–water partition coefficient (Wildman–Crippen LogP) is 1.69. The van der Waals surface area contributed by atoms with E-state index in [1.165, 1.54) is 32.2 Å². The number of ether oxygens (including phenoxy) is 2. The van der Waals surface area contributed by atoms with Crippen molar-refractivity contribution < 1.29 is 44.3 Å². The van der Waals surface area contributed by atoms with E-state index in [1.807, 2.05) is 6.92 Å². The molecule has 1 saturated carbocycles. The fraction of sp³-hybridized carbons (Fsp3) is 0.464. The smallest absolute Gasteiger partial charge is 0.202 e. The Morgan fingerprint density at radius 3 is 2.39 bits per heavy atom. The van der Waals surface area contributed by atoms with Gasteiger partial charge in [-0.05, 0) is 31.7 Å². The molecule has 6 atom stereocenters. The fourth-order valence-electron chi connectivity index (χ4n) is 6.16. The van der Waals surface area contributed by atoms with E-state index in [4.69, 9.17) is 15.2 Å². The standard InChI is InChI=1S/C28H31NO9/c1-11-7-13(8-16(29)23(11)31)38-18-10-28(36,12(2)30)9-15-20(18)27(35)22-21(25(15)33)24(32)14-5-4-6-17(37-3)19(14)26(22)34/h4-6,11,13,16,18,23,31,33,35-36H,7-10,29H2,1-3H3/t11?,13-,16-,18+,23-,28+/m1/s1. The van der Waals surface area contributed by atoms with E-state index in [2.05, 4.69) is 0 Å². The Morgan fingerprint density at radius 1 is 1.08 bits per heavy atom. The SMILES string of the molecule is COc1cccc2c1C(=O)c1c(O)c3c(c(O)c1C2=O)C[C@@](O)(C(C)=O)C[C@@H]3O[C@@H]1CC(C)[C@@H](O)[C@H](N)C1. The number of rotatable bonds is 4. The van der Waals surface area contributed by atoms with Gasteiger partial charge in [0.1, 0.15) is 22.8 Å². The van der Waals surface area contributed by atoms with Crippen molar-refractivity contribution in [3.8, 4) is 17.2 Å². The first-order valence-corrected chi connectivity index (χ1v) is 12.6. The highest BCUT2D eigenvalue weighted by atomic mass is 16.5. The Labute approximate surface area is 219 Å². The van der Waals surface area contributed by atoms with Gasteiger partial charge in [-0.25, -0.2) is 0 Å². The molecule has 0 aromatic heterocycles. The molecule has 1 unspecified atom stereocenters. The highest BCUT2D eigenvalue weighted by molar-refractivity contribution is 6.31. The summed E-state index contributed by atoms with van der Waals surface area (Å²) in [5, 5.41) is 44.4. The van der Waals surface area contributed by atoms with Gasteiger partial charge in [0, 0.05) is 35.6 Å². The number of phenols is 2. The molecule has 10 heteroatoms. The van der Waals surface area contributed by atoms with Crippen LogP contribution < -0.4 is 10.5 Å². The van der Waals surface area contributed by atoms with Gasteiger partial charge in [0.2, 0.25) is 5.78 Å². The van der Waals surface area contributed by atoms with Crippen LogP contribution >= 0.6 is 0 Å². The summed E-state index contributed by atoms with van der Waals surface area (Å²) in [7, 11) is 1.35. The first-order valence-electron chi connectivity index (χ1n) is 12.6. The number of aliphatic hydroxyl groups excluding tert-OH is 1. The molecule has 3 aliphatic rings. The van der Waals surface area contributed by atoms with Crippen LogP contribution in [0.2, 0.25) is 0 Å². The number of aromatic hydroxyl groups is 2. The van der Waals surface area contributed by atoms with Gasteiger partial charge in [-0.2, -0.15) is 0 Å². The van der Waals surface area contributed by atoms with Gasteiger partial charge in [0.15, 0.2) is 11.6 Å². The van der Waals surface area contributed by atoms with E-state index in [9.17, 15) is 34.8 Å². The van der Waals surface area contributed by atoms with Crippen molar-refractivity contribution in [2.24, 2.45) is 11.7 Å². The molecule has 0 spiro atoms. The van der Waals surface area contributed by atoms with Crippen molar-refractivity contribution in [1.82, 2.24) is 0 Å². The van der Waals surface area contributed by atoms with E-state index in [-0.39, 0.29) is 58.7 Å². The van der Waals surface area contributed by atoms with Crippen LogP contribution in [0.3, 0.4) is 0 Å². The van der Waals surface area contributed by atoms with Crippen LogP contribution in [0.5, 0.6) is 17.2 Å². The topological polar surface area (TPSA) is 177 Å². The van der Waals surface area contributed by atoms with Crippen LogP contribution in [0, 0.1) is 5.92 Å². The van der Waals surface area contributed by atoms with Crippen molar-refractivity contribution in [3.05, 3.63) is 51.6 Å². The van der Waals surface area contributed by atoms with E-state index >= 15 is 0 Å². The van der Waals surface area contributed by atoms with E-state index in [0.717, 1.165) is 0 Å². The molecule has 10 nitrogen and oxygen atoms in total. The van der Waals surface area contributed by atoms with E-state index < -0.39 is 64.4 Å². The number of hydrogen-bond donors (Lipinski definition) is 5. The number of fused-ring (bicyclic) bond motifs is 3. The third kappa shape index (κ3) is 3.82. The highest BCUT2D eigenvalue weighted by Gasteiger charge is 2.49. The lowest BCUT2D eigenvalue weighted by molar-refractivity contribution is -0.146. The Bertz CT molecular complexity index is 1360. The first-order chi connectivity index (χ1) is 17.9. The highest BCUT2D eigenvalue weighted by Crippen LogP contribution is 2.52. The first kappa shape index (κ1) is 26.3. The lowest BCUT2D eigenvalue weighted by Gasteiger charge is -2.42. The quantitative estimate of drug-likeness (QED) is 0.315. The summed E-state index contributed by atoms with van der Waals surface area (Å²) in [4.78, 5) is 39.7. The Morgan fingerprint density at radius 2 is 1.76 bits per heavy atom. The third-order valence-electron chi connectivity index (χ3n) is 8.28. The number of aliphatic hydroxyl groups is 2. The maximum atomic E-state index is 13.7. The van der Waals surface area contributed by atoms with Gasteiger partial charge in [0.05, 0.1) is 42.1 Å². The second kappa shape index (κ2) is 9.16. The molecule has 0 amide bonds. The maximum Gasteiger partial charge on any atom is 0.202 e. The van der Waals surface area contributed by atoms with Crippen LogP contribution in [0.4, 0.5) is 0 Å². The number of methoxy groups -OCH3 is 1. The van der Waals surface area contributed by atoms with Gasteiger partial charge >= 0.3 is 0 Å². The predicted molar refractivity (Wildman–Crippen MR) is 134 cm³/mol. The number of benzene rings is 2. The minimum absolute atomic E-state index is 0.00526. The van der Waals surface area contributed by atoms with Crippen molar-refractivity contribution in [1.29, 1.82) is 0 Å². The molecular weight excluding hydrogens is 494 g/mol. The summed E-state index contributed by atoms with van der Waals surface area (Å²) in [5.74, 6) is -3.15. The summed E-state index contributed by atoms with van der Waals surface area (Å²) in [6, 6.07) is 3.92. The number of phenolic OH excluding ortho intramolecular Hbond substituents is 2. The van der Waals surface area contributed by atoms with Crippen LogP contribution in [-0.4, -0.2) is 68.7 Å². The van der Waals surface area contributed by atoms with Gasteiger partial charge in [-0.1, -0.05) is 19.1 Å². The fourth-order valence-corrected chi connectivity index (χ4v) is 6.16. The average molecular weight is 526 g/mol. The molecule has 0 saturated heterocycles. The van der Waals surface area contributed by atoms with Gasteiger partial charge in [0.25, 0.3) is 0 Å². The zero-order valence-electron chi connectivity index (χ0n) is 21.4. The third-order valence-corrected chi connectivity index (χ3v) is 8.28. The van der Waals surface area contributed by atoms with Crippen molar-refractivity contribution in [2.45, 2.75) is 69.5 Å². The maximum absolute atomic E-state index is 13.7. The summed E-state index contributed by atoms with van der Waals surface area (Å²) < 4.78 is 11.6. The molecule has 2 aromatic rings. The molecule has 2 aromatic carbocycles. The lowest BCUT2D eigenvalue weighted by Crippen LogP contribution is -2.49. The lowest BCUT2D eigenvalue weighted by atomic mass is 9.72. The largest absolute Gasteiger partial charge is 0.507 e. The monoisotopic (exact) mass is 525 g/mol. The summed E-state index contributed by atoms with van der Waals surface area (Å²) in [5.41, 5.74) is 3.36. The molecule has 38 heavy (non-hydrogen) atoms. The molecular formula is C28H31NO9. The molecule has 5 rings (SSSR count). The normalized spacial score (nSPS) is 30.3. The molecule has 202 valence electrons. The zero-order valence-corrected chi connectivity index (χ0v) is 21.4. The van der Waals surface area contributed by atoms with E-state index in [1.54, 1.807) is 0 Å². The summed E-state index contributed by atoms with van der Waals surface area (Å²) in [6.45, 7) is 3.04. The Balaban J connectivity index is 1.68. The van der Waals surface area contributed by atoms with Crippen molar-refractivity contribution in [3.63, 3.8) is 0 Å². The van der Waals surface area contributed by atoms with Crippen LogP contribution in [0.25, 0.3) is 0 Å². The van der Waals surface area contributed by atoms with Crippen LogP contribution in [0.15, 0.2) is 18.2 Å². The minimum atomic E-state index is -1.94. The number of ketones is 3. The second-order valence-electron chi connectivity index (χ2n) is 10.7. The van der Waals surface area contributed by atoms with Gasteiger partial charge in [-0.15, -0.1) is 0 Å². The van der Waals surface area contributed by atoms with Crippen LogP contribution in [-0.2, 0) is 16.0 Å². The van der Waals surface area contributed by atoms with Crippen molar-refractivity contribution in [2.75, 3.05) is 7.11 Å². The number of Topliss-reactive ketones (excluding diaryl/α,β-unsaturated/α-hetero) is 1. The van der Waals surface area contributed by atoms with Gasteiger partial charge < -0.3 is 35.6 Å². The number of carbonyl (C=O) groups excluding carboxylic acids is 3. The Kier molecular flexibility index (Phi) is 6.34. The van der Waals surface area contributed by atoms with Gasteiger partial charge in [-0.3, -0.25) is 14.4 Å². The molecule has 6 N–H and O–H groups in total. The van der Waals surface area contributed by atoms with Crippen LogP contribution in [0.1, 0.15) is 82.2 Å². The molecule has 0 aliphatic heterocycles. The molecule has 0 radical (unpaired) electrons. The van der Waals surface area contributed by atoms with E-state index in [0.29, 0.717) is 6.42 Å². The average Bonchev–Trinajstić information content (AvgIpc) is 2.87. The Hall–Kier alpha value is -3.31. The number of hydrogen-bond acceptors (Lipinski definition) is 10. The molecule has 1 fully saturated rings. The minimum Gasteiger partial charge on any atom is -0.507 e. The molecule has 3 aliphatic carbocycles. The number of nitrogens with two attached hydrogens (primary N) is 1. The second-order valence-corrected chi connectivity index (χ2v) is 10.7. The zero-order chi connectivity index (χ0) is 27.7. The summed E-state index contributed by atoms with van der Waals surface area (Å²) in [6.07, 6.45) is -2.22.